The molecule has 3 nitrogen and oxygen atoms in total. The third kappa shape index (κ3) is 3.20. The number of hydrogen-bond acceptors (Lipinski definition) is 2. The molecule has 0 radical (unpaired) electrons. The fourth-order valence-corrected chi connectivity index (χ4v) is 1.65. The number of hydrogen-bond donors (Lipinski definition) is 1. The average Bonchev–Trinajstić information content (AvgIpc) is 2.93. The monoisotopic (exact) mass is 212 g/mol. The number of amides is 1. The summed E-state index contributed by atoms with van der Waals surface area (Å²) in [4.78, 5) is 14.1. The van der Waals surface area contributed by atoms with Crippen LogP contribution < -0.4 is 5.73 Å². The van der Waals surface area contributed by atoms with Gasteiger partial charge in [0.05, 0.1) is 6.04 Å². The molecule has 2 N–H and O–H groups in total. The van der Waals surface area contributed by atoms with Crippen LogP contribution in [0.1, 0.15) is 47.0 Å². The van der Waals surface area contributed by atoms with Crippen LogP contribution in [0, 0.1) is 5.41 Å². The third-order valence-electron chi connectivity index (χ3n) is 2.93. The molecule has 1 saturated carbocycles. The predicted octanol–water partition coefficient (Wildman–Crippen LogP) is 1.76. The van der Waals surface area contributed by atoms with Crippen molar-refractivity contribution in [2.24, 2.45) is 11.1 Å². The van der Waals surface area contributed by atoms with Gasteiger partial charge < -0.3 is 10.6 Å². The highest BCUT2D eigenvalue weighted by Crippen LogP contribution is 2.29. The summed E-state index contributed by atoms with van der Waals surface area (Å²) in [6, 6.07) is 0.107. The standard InChI is InChI=1S/C12H24N2O/c1-5-8-14(9-6-7-9)11(15)10(13)12(2,3)4/h9-10H,5-8,13H2,1-4H3. The fourth-order valence-electron chi connectivity index (χ4n) is 1.65. The number of carbonyl (C=O) groups excluding carboxylic acids is 1. The fraction of sp³-hybridized carbons (Fsp3) is 0.917. The van der Waals surface area contributed by atoms with Gasteiger partial charge in [0.1, 0.15) is 0 Å². The summed E-state index contributed by atoms with van der Waals surface area (Å²) >= 11 is 0. The SMILES string of the molecule is CCCN(C(=O)C(N)C(C)(C)C)C1CC1. The van der Waals surface area contributed by atoms with Crippen molar-refractivity contribution < 1.29 is 4.79 Å². The van der Waals surface area contributed by atoms with Gasteiger partial charge in [0.2, 0.25) is 5.91 Å². The van der Waals surface area contributed by atoms with Crippen molar-refractivity contribution >= 4 is 5.91 Å². The Bertz CT molecular complexity index is 228. The Morgan fingerprint density at radius 2 is 2.00 bits per heavy atom. The summed E-state index contributed by atoms with van der Waals surface area (Å²) in [5.41, 5.74) is 5.86. The Morgan fingerprint density at radius 1 is 1.47 bits per heavy atom. The quantitative estimate of drug-likeness (QED) is 0.772. The molecular weight excluding hydrogens is 188 g/mol. The Hall–Kier alpha value is -0.570. The van der Waals surface area contributed by atoms with E-state index in [-0.39, 0.29) is 17.4 Å². The molecule has 3 heteroatoms. The largest absolute Gasteiger partial charge is 0.338 e. The van der Waals surface area contributed by atoms with Crippen LogP contribution in [0.4, 0.5) is 0 Å². The first-order valence-corrected chi connectivity index (χ1v) is 5.94. The van der Waals surface area contributed by atoms with E-state index in [4.69, 9.17) is 5.73 Å². The molecule has 15 heavy (non-hydrogen) atoms. The second-order valence-corrected chi connectivity index (χ2v) is 5.61. The molecule has 0 spiro atoms. The predicted molar refractivity (Wildman–Crippen MR) is 62.5 cm³/mol. The second kappa shape index (κ2) is 4.52. The minimum atomic E-state index is -0.371. The van der Waals surface area contributed by atoms with E-state index in [2.05, 4.69) is 6.92 Å². The lowest BCUT2D eigenvalue weighted by Crippen LogP contribution is -2.51. The van der Waals surface area contributed by atoms with Gasteiger partial charge in [-0.25, -0.2) is 0 Å². The molecule has 1 aliphatic carbocycles. The van der Waals surface area contributed by atoms with Crippen molar-refractivity contribution in [2.45, 2.75) is 59.0 Å². The normalized spacial score (nSPS) is 18.7. The van der Waals surface area contributed by atoms with Crippen LogP contribution in [0.5, 0.6) is 0 Å². The van der Waals surface area contributed by atoms with Crippen LogP contribution in [-0.4, -0.2) is 29.4 Å². The van der Waals surface area contributed by atoms with Crippen LogP contribution in [0.15, 0.2) is 0 Å². The van der Waals surface area contributed by atoms with Gasteiger partial charge in [-0.15, -0.1) is 0 Å². The molecule has 1 rings (SSSR count). The Balaban J connectivity index is 2.63. The number of nitrogens with two attached hydrogens (primary N) is 1. The first-order chi connectivity index (χ1) is 6.88. The van der Waals surface area contributed by atoms with E-state index in [0.29, 0.717) is 6.04 Å². The number of rotatable bonds is 4. The zero-order chi connectivity index (χ0) is 11.6. The number of carbonyl (C=O) groups is 1. The molecule has 1 amide bonds. The summed E-state index contributed by atoms with van der Waals surface area (Å²) in [7, 11) is 0. The van der Waals surface area contributed by atoms with E-state index in [1.54, 1.807) is 0 Å². The van der Waals surface area contributed by atoms with Crippen LogP contribution in [0.3, 0.4) is 0 Å². The molecule has 1 atom stereocenters. The lowest BCUT2D eigenvalue weighted by molar-refractivity contribution is -0.135. The van der Waals surface area contributed by atoms with Gasteiger partial charge in [-0.05, 0) is 24.7 Å². The van der Waals surface area contributed by atoms with E-state index >= 15 is 0 Å². The van der Waals surface area contributed by atoms with E-state index in [0.717, 1.165) is 25.8 Å². The van der Waals surface area contributed by atoms with Crippen molar-refractivity contribution in [2.75, 3.05) is 6.54 Å². The molecule has 0 bridgehead atoms. The second-order valence-electron chi connectivity index (χ2n) is 5.61. The summed E-state index contributed by atoms with van der Waals surface area (Å²) in [6.07, 6.45) is 3.32. The van der Waals surface area contributed by atoms with Crippen molar-refractivity contribution in [3.05, 3.63) is 0 Å². The van der Waals surface area contributed by atoms with Crippen LogP contribution in [0.25, 0.3) is 0 Å². The van der Waals surface area contributed by atoms with Crippen molar-refractivity contribution in [1.29, 1.82) is 0 Å². The first kappa shape index (κ1) is 12.5. The Labute approximate surface area is 93.0 Å². The molecule has 0 saturated heterocycles. The van der Waals surface area contributed by atoms with Gasteiger partial charge in [0.15, 0.2) is 0 Å². The van der Waals surface area contributed by atoms with Crippen molar-refractivity contribution in [3.8, 4) is 0 Å². The molecule has 0 aromatic rings. The van der Waals surface area contributed by atoms with Crippen LogP contribution in [-0.2, 0) is 4.79 Å². The lowest BCUT2D eigenvalue weighted by Gasteiger charge is -2.32. The molecule has 1 unspecified atom stereocenters. The molecule has 0 aliphatic heterocycles. The van der Waals surface area contributed by atoms with Gasteiger partial charge in [0, 0.05) is 12.6 Å². The maximum absolute atomic E-state index is 12.2. The lowest BCUT2D eigenvalue weighted by atomic mass is 9.86. The molecule has 88 valence electrons. The summed E-state index contributed by atoms with van der Waals surface area (Å²) in [5.74, 6) is 0.131. The smallest absolute Gasteiger partial charge is 0.240 e. The van der Waals surface area contributed by atoms with E-state index < -0.39 is 0 Å². The molecular formula is C12H24N2O. The van der Waals surface area contributed by atoms with Gasteiger partial charge in [-0.3, -0.25) is 4.79 Å². The maximum Gasteiger partial charge on any atom is 0.240 e. The van der Waals surface area contributed by atoms with Gasteiger partial charge >= 0.3 is 0 Å². The maximum atomic E-state index is 12.2. The van der Waals surface area contributed by atoms with Crippen LogP contribution in [0.2, 0.25) is 0 Å². The van der Waals surface area contributed by atoms with Crippen LogP contribution >= 0.6 is 0 Å². The Kier molecular flexibility index (Phi) is 3.77. The molecule has 0 aromatic carbocycles. The molecule has 0 heterocycles. The summed E-state index contributed by atoms with van der Waals surface area (Å²) in [6.45, 7) is 9.02. The highest BCUT2D eigenvalue weighted by atomic mass is 16.2. The zero-order valence-electron chi connectivity index (χ0n) is 10.4. The molecule has 1 fully saturated rings. The minimum absolute atomic E-state index is 0.131. The Morgan fingerprint density at radius 3 is 2.33 bits per heavy atom. The summed E-state index contributed by atoms with van der Waals surface area (Å²) < 4.78 is 0. The summed E-state index contributed by atoms with van der Waals surface area (Å²) in [5, 5.41) is 0. The topological polar surface area (TPSA) is 46.3 Å². The molecule has 1 aliphatic rings. The van der Waals surface area contributed by atoms with E-state index in [9.17, 15) is 4.79 Å². The van der Waals surface area contributed by atoms with Gasteiger partial charge in [0.25, 0.3) is 0 Å². The van der Waals surface area contributed by atoms with Crippen molar-refractivity contribution in [3.63, 3.8) is 0 Å². The zero-order valence-corrected chi connectivity index (χ0v) is 10.4. The van der Waals surface area contributed by atoms with E-state index in [1.165, 1.54) is 0 Å². The third-order valence-corrected chi connectivity index (χ3v) is 2.93. The highest BCUT2D eigenvalue weighted by Gasteiger charge is 2.37. The first-order valence-electron chi connectivity index (χ1n) is 5.94. The highest BCUT2D eigenvalue weighted by molar-refractivity contribution is 5.83. The van der Waals surface area contributed by atoms with Gasteiger partial charge in [-0.1, -0.05) is 27.7 Å². The van der Waals surface area contributed by atoms with Crippen molar-refractivity contribution in [1.82, 2.24) is 4.90 Å². The average molecular weight is 212 g/mol. The molecule has 0 aromatic heterocycles. The van der Waals surface area contributed by atoms with Gasteiger partial charge in [-0.2, -0.15) is 0 Å². The minimum Gasteiger partial charge on any atom is -0.338 e. The van der Waals surface area contributed by atoms with E-state index in [1.807, 2.05) is 25.7 Å². The number of nitrogens with zero attached hydrogens (tertiary/aromatic N) is 1.